The molecule has 0 spiro atoms. The lowest BCUT2D eigenvalue weighted by Crippen LogP contribution is -2.19. The van der Waals surface area contributed by atoms with Crippen LogP contribution in [-0.2, 0) is 4.79 Å². The highest BCUT2D eigenvalue weighted by atomic mass is 16.1. The molecule has 0 atom stereocenters. The first kappa shape index (κ1) is 9.95. The van der Waals surface area contributed by atoms with Gasteiger partial charge in [0.2, 0.25) is 5.91 Å². The van der Waals surface area contributed by atoms with Crippen molar-refractivity contribution < 1.29 is 4.79 Å². The van der Waals surface area contributed by atoms with Crippen molar-refractivity contribution in [2.24, 2.45) is 0 Å². The summed E-state index contributed by atoms with van der Waals surface area (Å²) in [6, 6.07) is 0. The molecule has 2 heteroatoms. The third kappa shape index (κ3) is 4.37. The van der Waals surface area contributed by atoms with Crippen LogP contribution in [0.5, 0.6) is 0 Å². The molecule has 0 radical (unpaired) electrons. The van der Waals surface area contributed by atoms with Crippen LogP contribution in [0, 0.1) is 0 Å². The molecular weight excluding hydrogens is 138 g/mol. The zero-order chi connectivity index (χ0) is 8.69. The van der Waals surface area contributed by atoms with Crippen LogP contribution in [0.2, 0.25) is 0 Å². The molecule has 0 heterocycles. The van der Waals surface area contributed by atoms with Gasteiger partial charge < -0.3 is 5.32 Å². The summed E-state index contributed by atoms with van der Waals surface area (Å²) in [5.74, 6) is -0.0533. The Hall–Kier alpha value is -1.05. The van der Waals surface area contributed by atoms with E-state index in [2.05, 4.69) is 5.32 Å². The minimum absolute atomic E-state index is 0.0533. The minimum Gasteiger partial charge on any atom is -0.327 e. The molecule has 0 saturated carbocycles. The lowest BCUT2D eigenvalue weighted by molar-refractivity contribution is -0.115. The van der Waals surface area contributed by atoms with Gasteiger partial charge in [0.25, 0.3) is 0 Å². The lowest BCUT2D eigenvalue weighted by Gasteiger charge is -2.02. The Kier molecular flexibility index (Phi) is 5.17. The van der Waals surface area contributed by atoms with Gasteiger partial charge in [0.1, 0.15) is 0 Å². The van der Waals surface area contributed by atoms with E-state index in [1.54, 1.807) is 6.08 Å². The largest absolute Gasteiger partial charge is 0.327 e. The van der Waals surface area contributed by atoms with E-state index < -0.39 is 0 Å². The third-order valence-electron chi connectivity index (χ3n) is 1.33. The number of hydrogen-bond acceptors (Lipinski definition) is 1. The van der Waals surface area contributed by atoms with E-state index in [-0.39, 0.29) is 5.91 Å². The smallest absolute Gasteiger partial charge is 0.247 e. The van der Waals surface area contributed by atoms with E-state index in [1.165, 1.54) is 6.08 Å². The molecule has 0 unspecified atom stereocenters. The van der Waals surface area contributed by atoms with E-state index in [0.717, 1.165) is 12.1 Å². The molecular formula is C9H15NO. The molecule has 0 saturated heterocycles. The number of hydrogen-bond donors (Lipinski definition) is 1. The normalized spacial score (nSPS) is 12.1. The lowest BCUT2D eigenvalue weighted by atomic mass is 10.3. The van der Waals surface area contributed by atoms with E-state index in [1.807, 2.05) is 26.8 Å². The second-order valence-corrected chi connectivity index (χ2v) is 2.16. The minimum atomic E-state index is -0.0533. The Morgan fingerprint density at radius 2 is 2.09 bits per heavy atom. The molecule has 1 amide bonds. The van der Waals surface area contributed by atoms with Crippen molar-refractivity contribution in [2.75, 3.05) is 0 Å². The van der Waals surface area contributed by atoms with Crippen LogP contribution in [-0.4, -0.2) is 5.91 Å². The van der Waals surface area contributed by atoms with Crippen LogP contribution < -0.4 is 5.32 Å². The zero-order valence-electron chi connectivity index (χ0n) is 7.35. The van der Waals surface area contributed by atoms with Gasteiger partial charge in [0, 0.05) is 5.70 Å². The molecule has 0 bridgehead atoms. The maximum absolute atomic E-state index is 10.9. The van der Waals surface area contributed by atoms with E-state index in [4.69, 9.17) is 0 Å². The highest BCUT2D eigenvalue weighted by Crippen LogP contribution is 1.93. The highest BCUT2D eigenvalue weighted by molar-refractivity contribution is 5.88. The number of nitrogens with one attached hydrogen (secondary N) is 1. The average Bonchev–Trinajstić information content (AvgIpc) is 2.01. The predicted octanol–water partition coefficient (Wildman–Crippen LogP) is 1.99. The highest BCUT2D eigenvalue weighted by Gasteiger charge is 1.95. The van der Waals surface area contributed by atoms with Crippen LogP contribution in [0.15, 0.2) is 23.9 Å². The van der Waals surface area contributed by atoms with Crippen LogP contribution in [0.4, 0.5) is 0 Å². The van der Waals surface area contributed by atoms with Crippen LogP contribution in [0.3, 0.4) is 0 Å². The molecule has 11 heavy (non-hydrogen) atoms. The van der Waals surface area contributed by atoms with Crippen LogP contribution in [0.1, 0.15) is 27.2 Å². The summed E-state index contributed by atoms with van der Waals surface area (Å²) >= 11 is 0. The second-order valence-electron chi connectivity index (χ2n) is 2.16. The van der Waals surface area contributed by atoms with Gasteiger partial charge in [-0.15, -0.1) is 0 Å². The number of rotatable bonds is 3. The first-order valence-electron chi connectivity index (χ1n) is 3.83. The van der Waals surface area contributed by atoms with E-state index >= 15 is 0 Å². The second kappa shape index (κ2) is 5.71. The Morgan fingerprint density at radius 3 is 2.45 bits per heavy atom. The topological polar surface area (TPSA) is 29.1 Å². The predicted molar refractivity (Wildman–Crippen MR) is 47.0 cm³/mol. The summed E-state index contributed by atoms with van der Waals surface area (Å²) in [6.45, 7) is 5.74. The Balaban J connectivity index is 3.93. The summed E-state index contributed by atoms with van der Waals surface area (Å²) in [5.41, 5.74) is 0.966. The fraction of sp³-hybridized carbons (Fsp3) is 0.444. The van der Waals surface area contributed by atoms with Crippen molar-refractivity contribution in [3.63, 3.8) is 0 Å². The standard InChI is InChI=1S/C9H15NO/c1-4-7-9(11)10-8(5-2)6-3/h4-5,7H,6H2,1-3H3,(H,10,11)/b7-4+,8-5+. The molecule has 0 aliphatic heterocycles. The first-order valence-corrected chi connectivity index (χ1v) is 3.83. The molecule has 0 aliphatic rings. The zero-order valence-corrected chi connectivity index (χ0v) is 7.35. The number of amides is 1. The monoisotopic (exact) mass is 153 g/mol. The number of carbonyl (C=O) groups excluding carboxylic acids is 1. The van der Waals surface area contributed by atoms with Gasteiger partial charge >= 0.3 is 0 Å². The van der Waals surface area contributed by atoms with Crippen LogP contribution >= 0.6 is 0 Å². The quantitative estimate of drug-likeness (QED) is 0.617. The summed E-state index contributed by atoms with van der Waals surface area (Å²) in [4.78, 5) is 10.9. The van der Waals surface area contributed by atoms with Crippen molar-refractivity contribution in [3.05, 3.63) is 23.9 Å². The molecule has 0 aromatic rings. The molecule has 1 N–H and O–H groups in total. The van der Waals surface area contributed by atoms with Crippen molar-refractivity contribution in [3.8, 4) is 0 Å². The van der Waals surface area contributed by atoms with Gasteiger partial charge in [-0.2, -0.15) is 0 Å². The summed E-state index contributed by atoms with van der Waals surface area (Å²) in [7, 11) is 0. The summed E-state index contributed by atoms with van der Waals surface area (Å²) in [5, 5.41) is 2.75. The summed E-state index contributed by atoms with van der Waals surface area (Å²) < 4.78 is 0. The van der Waals surface area contributed by atoms with E-state index in [0.29, 0.717) is 0 Å². The van der Waals surface area contributed by atoms with Gasteiger partial charge in [-0.25, -0.2) is 0 Å². The SMILES string of the molecule is C/C=C/C(=O)N/C(=C/C)CC. The molecule has 0 fully saturated rings. The fourth-order valence-electron chi connectivity index (χ4n) is 0.716. The Morgan fingerprint density at radius 1 is 1.45 bits per heavy atom. The molecule has 0 aromatic carbocycles. The molecule has 0 aromatic heterocycles. The van der Waals surface area contributed by atoms with Gasteiger partial charge in [0.05, 0.1) is 0 Å². The van der Waals surface area contributed by atoms with Crippen molar-refractivity contribution >= 4 is 5.91 Å². The Bertz CT molecular complexity index is 180. The van der Waals surface area contributed by atoms with Crippen molar-refractivity contribution in [1.82, 2.24) is 5.32 Å². The number of carbonyl (C=O) groups is 1. The molecule has 0 aliphatic carbocycles. The fourth-order valence-corrected chi connectivity index (χ4v) is 0.716. The average molecular weight is 153 g/mol. The van der Waals surface area contributed by atoms with Gasteiger partial charge in [0.15, 0.2) is 0 Å². The van der Waals surface area contributed by atoms with Gasteiger partial charge in [-0.05, 0) is 26.3 Å². The maximum Gasteiger partial charge on any atom is 0.247 e. The van der Waals surface area contributed by atoms with Crippen LogP contribution in [0.25, 0.3) is 0 Å². The first-order chi connectivity index (χ1) is 5.24. The number of allylic oxidation sites excluding steroid dienone is 3. The van der Waals surface area contributed by atoms with Gasteiger partial charge in [-0.3, -0.25) is 4.79 Å². The molecule has 0 rings (SSSR count). The molecule has 2 nitrogen and oxygen atoms in total. The molecule has 62 valence electrons. The van der Waals surface area contributed by atoms with Crippen molar-refractivity contribution in [1.29, 1.82) is 0 Å². The third-order valence-corrected chi connectivity index (χ3v) is 1.33. The van der Waals surface area contributed by atoms with E-state index in [9.17, 15) is 4.79 Å². The van der Waals surface area contributed by atoms with Gasteiger partial charge in [-0.1, -0.05) is 19.1 Å². The van der Waals surface area contributed by atoms with Crippen molar-refractivity contribution in [2.45, 2.75) is 27.2 Å². The maximum atomic E-state index is 10.9. The Labute approximate surface area is 68.0 Å². The summed E-state index contributed by atoms with van der Waals surface area (Å²) in [6.07, 6.45) is 6.00.